The molecule has 3 N–H and O–H groups in total. The van der Waals surface area contributed by atoms with Crippen LogP contribution in [0.1, 0.15) is 20.3 Å². The van der Waals surface area contributed by atoms with Gasteiger partial charge in [-0.2, -0.15) is 0 Å². The maximum Gasteiger partial charge on any atom is 0.0963 e. The molecule has 0 unspecified atom stereocenters. The SMILES string of the molecule is CC(C)(CCSc1ccc(Cl)cc1)C(=N)N. The third kappa shape index (κ3) is 4.06. The maximum absolute atomic E-state index is 7.46. The van der Waals surface area contributed by atoms with Crippen molar-refractivity contribution in [3.8, 4) is 0 Å². The van der Waals surface area contributed by atoms with Gasteiger partial charge in [0.15, 0.2) is 0 Å². The van der Waals surface area contributed by atoms with Crippen LogP contribution < -0.4 is 5.73 Å². The van der Waals surface area contributed by atoms with E-state index in [9.17, 15) is 0 Å². The van der Waals surface area contributed by atoms with E-state index in [2.05, 4.69) is 0 Å². The molecule has 0 saturated carbocycles. The fourth-order valence-electron chi connectivity index (χ4n) is 1.09. The fourth-order valence-corrected chi connectivity index (χ4v) is 2.39. The lowest BCUT2D eigenvalue weighted by atomic mass is 9.89. The number of halogens is 1. The molecule has 88 valence electrons. The average molecular weight is 257 g/mol. The second-order valence-corrected chi connectivity index (χ2v) is 5.95. The van der Waals surface area contributed by atoms with Gasteiger partial charge in [-0.3, -0.25) is 5.41 Å². The molecule has 0 radical (unpaired) electrons. The molecule has 0 aliphatic rings. The maximum atomic E-state index is 7.46. The van der Waals surface area contributed by atoms with Crippen LogP contribution in [0, 0.1) is 10.8 Å². The first-order chi connectivity index (χ1) is 7.42. The van der Waals surface area contributed by atoms with Crippen molar-refractivity contribution in [1.82, 2.24) is 0 Å². The number of nitrogens with one attached hydrogen (secondary N) is 1. The van der Waals surface area contributed by atoms with Crippen LogP contribution in [0.4, 0.5) is 0 Å². The Morgan fingerprint density at radius 1 is 1.38 bits per heavy atom. The van der Waals surface area contributed by atoms with Crippen molar-refractivity contribution in [2.24, 2.45) is 11.1 Å². The van der Waals surface area contributed by atoms with Gasteiger partial charge >= 0.3 is 0 Å². The van der Waals surface area contributed by atoms with Gasteiger partial charge in [0.1, 0.15) is 0 Å². The van der Waals surface area contributed by atoms with Gasteiger partial charge in [0, 0.05) is 15.3 Å². The van der Waals surface area contributed by atoms with E-state index in [1.807, 2.05) is 38.1 Å². The highest BCUT2D eigenvalue weighted by Crippen LogP contribution is 2.27. The number of nitrogens with two attached hydrogens (primary N) is 1. The minimum Gasteiger partial charge on any atom is -0.387 e. The van der Waals surface area contributed by atoms with Crippen LogP contribution in [-0.4, -0.2) is 11.6 Å². The molecule has 16 heavy (non-hydrogen) atoms. The van der Waals surface area contributed by atoms with E-state index >= 15 is 0 Å². The Balaban J connectivity index is 2.41. The Bertz CT molecular complexity index is 360. The zero-order valence-electron chi connectivity index (χ0n) is 9.59. The zero-order valence-corrected chi connectivity index (χ0v) is 11.2. The zero-order chi connectivity index (χ0) is 12.2. The molecule has 0 aliphatic heterocycles. The molecule has 0 amide bonds. The summed E-state index contributed by atoms with van der Waals surface area (Å²) < 4.78 is 0. The lowest BCUT2D eigenvalue weighted by Crippen LogP contribution is -2.31. The summed E-state index contributed by atoms with van der Waals surface area (Å²) in [5.41, 5.74) is 5.32. The summed E-state index contributed by atoms with van der Waals surface area (Å²) in [4.78, 5) is 1.20. The summed E-state index contributed by atoms with van der Waals surface area (Å²) in [5, 5.41) is 8.22. The Morgan fingerprint density at radius 2 is 1.94 bits per heavy atom. The van der Waals surface area contributed by atoms with Gasteiger partial charge in [0.05, 0.1) is 5.84 Å². The molecular weight excluding hydrogens is 240 g/mol. The van der Waals surface area contributed by atoms with Crippen LogP contribution >= 0.6 is 23.4 Å². The molecule has 0 fully saturated rings. The molecule has 2 nitrogen and oxygen atoms in total. The summed E-state index contributed by atoms with van der Waals surface area (Å²) in [5.74, 6) is 1.21. The normalized spacial score (nSPS) is 11.4. The van der Waals surface area contributed by atoms with Gasteiger partial charge in [-0.05, 0) is 36.4 Å². The van der Waals surface area contributed by atoms with Gasteiger partial charge in [0.25, 0.3) is 0 Å². The molecule has 0 saturated heterocycles. The molecule has 0 spiro atoms. The summed E-state index contributed by atoms with van der Waals surface area (Å²) in [6.07, 6.45) is 0.898. The van der Waals surface area contributed by atoms with Gasteiger partial charge in [0.2, 0.25) is 0 Å². The number of amidine groups is 1. The summed E-state index contributed by atoms with van der Waals surface area (Å²) in [6, 6.07) is 7.79. The van der Waals surface area contributed by atoms with Crippen LogP contribution in [0.25, 0.3) is 0 Å². The van der Waals surface area contributed by atoms with E-state index in [0.717, 1.165) is 17.2 Å². The molecule has 4 heteroatoms. The van der Waals surface area contributed by atoms with Gasteiger partial charge in [-0.1, -0.05) is 25.4 Å². The number of hydrogen-bond donors (Lipinski definition) is 2. The highest BCUT2D eigenvalue weighted by Gasteiger charge is 2.20. The molecule has 0 aromatic heterocycles. The van der Waals surface area contributed by atoms with Crippen molar-refractivity contribution in [1.29, 1.82) is 5.41 Å². The first-order valence-corrected chi connectivity index (χ1v) is 6.51. The van der Waals surface area contributed by atoms with E-state index in [4.69, 9.17) is 22.7 Å². The van der Waals surface area contributed by atoms with Crippen LogP contribution in [0.2, 0.25) is 5.02 Å². The molecule has 1 aromatic rings. The molecule has 0 heterocycles. The van der Waals surface area contributed by atoms with Crippen molar-refractivity contribution in [2.45, 2.75) is 25.2 Å². The monoisotopic (exact) mass is 256 g/mol. The number of hydrogen-bond acceptors (Lipinski definition) is 2. The smallest absolute Gasteiger partial charge is 0.0963 e. The minimum absolute atomic E-state index is 0.209. The second kappa shape index (κ2) is 5.60. The molecule has 0 bridgehead atoms. The van der Waals surface area contributed by atoms with Crippen molar-refractivity contribution >= 4 is 29.2 Å². The van der Waals surface area contributed by atoms with Crippen molar-refractivity contribution in [3.63, 3.8) is 0 Å². The van der Waals surface area contributed by atoms with E-state index in [1.54, 1.807) is 11.8 Å². The predicted molar refractivity (Wildman–Crippen MR) is 72.5 cm³/mol. The summed E-state index contributed by atoms with van der Waals surface area (Å²) in [6.45, 7) is 4.00. The Hall–Kier alpha value is -0.670. The van der Waals surface area contributed by atoms with Crippen LogP contribution in [0.3, 0.4) is 0 Å². The summed E-state index contributed by atoms with van der Waals surface area (Å²) in [7, 11) is 0. The lowest BCUT2D eigenvalue weighted by molar-refractivity contribution is 0.500. The van der Waals surface area contributed by atoms with Gasteiger partial charge in [-0.25, -0.2) is 0 Å². The van der Waals surface area contributed by atoms with Crippen molar-refractivity contribution < 1.29 is 0 Å². The van der Waals surface area contributed by atoms with Crippen LogP contribution in [0.5, 0.6) is 0 Å². The van der Waals surface area contributed by atoms with Crippen molar-refractivity contribution in [2.75, 3.05) is 5.75 Å². The first-order valence-electron chi connectivity index (χ1n) is 5.15. The number of rotatable bonds is 5. The highest BCUT2D eigenvalue weighted by molar-refractivity contribution is 7.99. The number of thioether (sulfide) groups is 1. The average Bonchev–Trinajstić information content (AvgIpc) is 2.20. The third-order valence-corrected chi connectivity index (χ3v) is 3.80. The molecular formula is C12H17ClN2S. The standard InChI is InChI=1S/C12H17ClN2S/c1-12(2,11(14)15)7-8-16-10-5-3-9(13)4-6-10/h3-6H,7-8H2,1-2H3,(H3,14,15). The first kappa shape index (κ1) is 13.4. The third-order valence-electron chi connectivity index (χ3n) is 2.54. The second-order valence-electron chi connectivity index (χ2n) is 4.35. The van der Waals surface area contributed by atoms with E-state index in [-0.39, 0.29) is 11.3 Å². The quantitative estimate of drug-likeness (QED) is 0.479. The van der Waals surface area contributed by atoms with Gasteiger partial charge < -0.3 is 5.73 Å². The highest BCUT2D eigenvalue weighted by atomic mass is 35.5. The van der Waals surface area contributed by atoms with E-state index in [0.29, 0.717) is 0 Å². The molecule has 1 rings (SSSR count). The van der Waals surface area contributed by atoms with Crippen molar-refractivity contribution in [3.05, 3.63) is 29.3 Å². The predicted octanol–water partition coefficient (Wildman–Crippen LogP) is 3.78. The Morgan fingerprint density at radius 3 is 2.44 bits per heavy atom. The lowest BCUT2D eigenvalue weighted by Gasteiger charge is -2.22. The number of benzene rings is 1. The van der Waals surface area contributed by atoms with Gasteiger partial charge in [-0.15, -0.1) is 11.8 Å². The minimum atomic E-state index is -0.209. The molecule has 0 atom stereocenters. The fraction of sp³-hybridized carbons (Fsp3) is 0.417. The molecule has 0 aliphatic carbocycles. The van der Waals surface area contributed by atoms with E-state index in [1.165, 1.54) is 4.90 Å². The van der Waals surface area contributed by atoms with E-state index < -0.39 is 0 Å². The largest absolute Gasteiger partial charge is 0.387 e. The van der Waals surface area contributed by atoms with Crippen LogP contribution in [0.15, 0.2) is 29.2 Å². The Labute approximate surface area is 106 Å². The molecule has 1 aromatic carbocycles. The topological polar surface area (TPSA) is 49.9 Å². The Kier molecular flexibility index (Phi) is 4.69. The van der Waals surface area contributed by atoms with Crippen LogP contribution in [-0.2, 0) is 0 Å². The summed E-state index contributed by atoms with van der Waals surface area (Å²) >= 11 is 7.57.